The number of carbonyl (C=O) groups is 7. The van der Waals surface area contributed by atoms with E-state index in [9.17, 15) is 43.8 Å². The van der Waals surface area contributed by atoms with Gasteiger partial charge in [-0.05, 0) is 245 Å². The lowest BCUT2D eigenvalue weighted by Crippen LogP contribution is -2.50. The smallest absolute Gasteiger partial charge is 0.157 e. The largest absolute Gasteiger partial charge is 0.508 e. The van der Waals surface area contributed by atoms with Crippen LogP contribution in [0, 0.1) is 13.8 Å². The molecule has 7 fully saturated rings. The summed E-state index contributed by atoms with van der Waals surface area (Å²) in [6.45, 7) is 12.6. The van der Waals surface area contributed by atoms with E-state index in [-0.39, 0.29) is 23.1 Å². The number of rotatable bonds is 19. The zero-order valence-corrected chi connectivity index (χ0v) is 71.2. The van der Waals surface area contributed by atoms with Gasteiger partial charge in [0.1, 0.15) is 61.8 Å². The van der Waals surface area contributed by atoms with Gasteiger partial charge in [-0.15, -0.1) is 0 Å². The minimum atomic E-state index is -0.586. The monoisotopic (exact) mass is 1580 g/mol. The number of phenols is 2. The molecule has 18 heteroatoms. The van der Waals surface area contributed by atoms with Crippen LogP contribution in [0.2, 0.25) is 0 Å². The quantitative estimate of drug-likeness (QED) is 0.0364. The van der Waals surface area contributed by atoms with Crippen molar-refractivity contribution in [3.05, 3.63) is 226 Å². The molecule has 7 aliphatic rings. The second-order valence-corrected chi connectivity index (χ2v) is 32.0. The first-order valence-corrected chi connectivity index (χ1v) is 42.8. The van der Waals surface area contributed by atoms with Gasteiger partial charge < -0.3 is 56.9 Å². The number of benzene rings is 7. The molecule has 0 aliphatic heterocycles. The predicted octanol–water partition coefficient (Wildman–Crippen LogP) is 16.9. The van der Waals surface area contributed by atoms with Crippen LogP contribution in [0.15, 0.2) is 176 Å². The third-order valence-electron chi connectivity index (χ3n) is 25.1. The van der Waals surface area contributed by atoms with E-state index in [2.05, 4.69) is 107 Å². The van der Waals surface area contributed by atoms with E-state index in [1.165, 1.54) is 11.1 Å². The Bertz CT molecular complexity index is 4330. The highest BCUT2D eigenvalue weighted by molar-refractivity contribution is 5.94. The van der Waals surface area contributed by atoms with Crippen LogP contribution in [0.5, 0.6) is 23.0 Å². The maximum atomic E-state index is 12.4. The molecule has 0 amide bonds. The minimum absolute atomic E-state index is 0.213. The summed E-state index contributed by atoms with van der Waals surface area (Å²) in [6, 6.07) is 56.4. The Labute approximate surface area is 691 Å². The Morgan fingerprint density at radius 1 is 0.293 bits per heavy atom. The Balaban J connectivity index is 0.000000169. The standard InChI is InChI=1S/C15H21NO2.2C14H19NO2.3C14H19NO.C13H17NO2/c1-3-16-15(10-5-4-9-14(15)17)12-7-6-8-13(11-12)18-2;1-15-14(9-4-3-8-13(14)16)11-6-5-7-12(10-11)17-2;1-2-15-14(9-4-3-8-13(14)17)11-6-5-7-12(16)10-11;1-11-7-3-4-8-12(11)14(15-2)10-6-5-9-13(14)16;1-11-6-8-12(9-7-11)14(15-2)10-4-3-5-13(14)16;1-2-15-14(11-7-6-10-13(14)16)12-8-4-3-5-9-12;1-14-13(8-3-2-7-12(13)16)10-5-4-6-11(15)9-10/h6-8,11,16H,3-5,9-10H2,1-2H3;5-7,10,15H,3-4,8-9H2,1-2H3;5-7,10,15-16H,2-4,8-9H2,1H3;3-4,7-8,15H,5-6,9-10H2,1-2H3;6-9,15H,3-5,10H2,1-2H3;3-5,8-9,15H,2,6-7,10-11H2,1H3;4-6,9,14-15H,2-3,7-8H2,1H3/t15-;5*14-;13-/m1111111/s1. The molecule has 7 aromatic carbocycles. The molecule has 7 atom stereocenters. The van der Waals surface area contributed by atoms with E-state index < -0.39 is 38.8 Å². The maximum absolute atomic E-state index is 12.4. The molecule has 18 nitrogen and oxygen atoms in total. The molecule has 7 saturated carbocycles. The van der Waals surface area contributed by atoms with E-state index in [1.54, 1.807) is 50.6 Å². The van der Waals surface area contributed by atoms with Gasteiger partial charge in [0.25, 0.3) is 0 Å². The second kappa shape index (κ2) is 44.6. The van der Waals surface area contributed by atoms with Gasteiger partial charge >= 0.3 is 0 Å². The van der Waals surface area contributed by atoms with Gasteiger partial charge in [-0.1, -0.05) is 199 Å². The van der Waals surface area contributed by atoms with Crippen LogP contribution in [-0.4, -0.2) is 113 Å². The van der Waals surface area contributed by atoms with Crippen LogP contribution in [0.3, 0.4) is 0 Å². The number of hydrogen-bond donors (Lipinski definition) is 9. The Morgan fingerprint density at radius 3 is 0.879 bits per heavy atom. The van der Waals surface area contributed by atoms with Gasteiger partial charge in [-0.3, -0.25) is 33.6 Å². The zero-order chi connectivity index (χ0) is 83.8. The molecule has 0 unspecified atom stereocenters. The van der Waals surface area contributed by atoms with Gasteiger partial charge in [0.15, 0.2) is 40.5 Å². The fourth-order valence-corrected chi connectivity index (χ4v) is 18.6. The van der Waals surface area contributed by atoms with Crippen molar-refractivity contribution in [3.8, 4) is 23.0 Å². The fraction of sp³-hybridized carbons (Fsp3) is 0.500. The van der Waals surface area contributed by atoms with Crippen LogP contribution in [0.25, 0.3) is 0 Å². The van der Waals surface area contributed by atoms with Crippen molar-refractivity contribution in [2.24, 2.45) is 0 Å². The summed E-state index contributed by atoms with van der Waals surface area (Å²) in [7, 11) is 10.8. The highest BCUT2D eigenvalue weighted by atomic mass is 16.5. The first-order chi connectivity index (χ1) is 56.0. The molecule has 0 heterocycles. The van der Waals surface area contributed by atoms with Crippen molar-refractivity contribution in [2.75, 3.05) is 62.0 Å². The SMILES string of the molecule is CCN[C@@]1(c2cccc(O)c2)CCCCC1=O.CCN[C@@]1(c2cccc(OC)c2)CCCCC1=O.CCN[C@@]1(c2ccccc2)CCCCC1=O.CN[C@@]1(c2ccc(C)cc2)CCCCC1=O.CN[C@@]1(c2cccc(O)c2)CCCCC1=O.CN[C@@]1(c2cccc(OC)c2)CCCCC1=O.CN[C@@]1(c2ccccc2C)CCCCC1=O. The maximum Gasteiger partial charge on any atom is 0.157 e. The lowest BCUT2D eigenvalue weighted by molar-refractivity contribution is -0.128. The van der Waals surface area contributed by atoms with Gasteiger partial charge in [0.05, 0.1) is 14.2 Å². The first-order valence-electron chi connectivity index (χ1n) is 42.8. The number of ether oxygens (including phenoxy) is 2. The second-order valence-electron chi connectivity index (χ2n) is 32.0. The summed E-state index contributed by atoms with van der Waals surface area (Å²) in [5.74, 6) is 4.15. The molecule has 0 bridgehead atoms. The van der Waals surface area contributed by atoms with Crippen LogP contribution < -0.4 is 46.7 Å². The van der Waals surface area contributed by atoms with Crippen molar-refractivity contribution in [1.82, 2.24) is 37.2 Å². The highest BCUT2D eigenvalue weighted by Crippen LogP contribution is 2.42. The number of nitrogens with one attached hydrogen (secondary N) is 7. The lowest BCUT2D eigenvalue weighted by Gasteiger charge is -2.37. The van der Waals surface area contributed by atoms with Crippen LogP contribution in [0.4, 0.5) is 0 Å². The summed E-state index contributed by atoms with van der Waals surface area (Å²) in [6.07, 6.45) is 25.6. The summed E-state index contributed by atoms with van der Waals surface area (Å²) in [5.41, 5.74) is 6.22. The number of phenolic OH excluding ortho intramolecular Hbond substituents is 2. The molecule has 7 aromatic rings. The van der Waals surface area contributed by atoms with Crippen molar-refractivity contribution in [1.29, 1.82) is 0 Å². The summed E-state index contributed by atoms with van der Waals surface area (Å²) in [4.78, 5) is 85.7. The molecule has 7 aliphatic carbocycles. The topological polar surface area (TPSA) is 263 Å². The van der Waals surface area contributed by atoms with Gasteiger partial charge in [-0.25, -0.2) is 0 Å². The third-order valence-corrected chi connectivity index (χ3v) is 25.1. The number of hydrogen-bond acceptors (Lipinski definition) is 18. The van der Waals surface area contributed by atoms with Crippen molar-refractivity contribution in [2.45, 2.75) is 253 Å². The molecule has 14 rings (SSSR count). The van der Waals surface area contributed by atoms with Gasteiger partial charge in [-0.2, -0.15) is 0 Å². The number of likely N-dealkylation sites (N-methyl/N-ethyl adjacent to an activating group) is 7. The normalized spacial score (nSPS) is 25.2. The summed E-state index contributed by atoms with van der Waals surface area (Å²) in [5, 5.41) is 42.1. The molecular weight excluding hydrogens is 1450 g/mol. The molecule has 626 valence electrons. The van der Waals surface area contributed by atoms with E-state index in [0.717, 1.165) is 205 Å². The molecule has 9 N–H and O–H groups in total. The van der Waals surface area contributed by atoms with E-state index in [4.69, 9.17) is 9.47 Å². The molecule has 116 heavy (non-hydrogen) atoms. The molecule has 0 spiro atoms. The van der Waals surface area contributed by atoms with Crippen LogP contribution in [-0.2, 0) is 72.3 Å². The number of Topliss-reactive ketones (excluding diaryl/α,β-unsaturated/α-hetero) is 7. The minimum Gasteiger partial charge on any atom is -0.508 e. The predicted molar refractivity (Wildman–Crippen MR) is 464 cm³/mol. The number of methoxy groups -OCH3 is 2. The zero-order valence-electron chi connectivity index (χ0n) is 71.2. The molecule has 0 saturated heterocycles. The van der Waals surface area contributed by atoms with Crippen molar-refractivity contribution < 1.29 is 53.2 Å². The van der Waals surface area contributed by atoms with E-state index >= 15 is 0 Å². The van der Waals surface area contributed by atoms with Gasteiger partial charge in [0, 0.05) is 44.9 Å². The van der Waals surface area contributed by atoms with Crippen molar-refractivity contribution >= 4 is 40.5 Å². The van der Waals surface area contributed by atoms with Crippen LogP contribution >= 0.6 is 0 Å². The summed E-state index contributed by atoms with van der Waals surface area (Å²) < 4.78 is 10.5. The van der Waals surface area contributed by atoms with Crippen LogP contribution in [0.1, 0.15) is 251 Å². The number of aryl methyl sites for hydroxylation is 2. The summed E-state index contributed by atoms with van der Waals surface area (Å²) >= 11 is 0. The highest BCUT2D eigenvalue weighted by Gasteiger charge is 2.46. The third kappa shape index (κ3) is 21.9. The van der Waals surface area contributed by atoms with E-state index in [1.807, 2.05) is 133 Å². The fourth-order valence-electron chi connectivity index (χ4n) is 18.6. The number of ketones is 7. The lowest BCUT2D eigenvalue weighted by atomic mass is 9.74. The Morgan fingerprint density at radius 2 is 0.560 bits per heavy atom. The number of aromatic hydroxyl groups is 2. The van der Waals surface area contributed by atoms with Gasteiger partial charge in [0.2, 0.25) is 0 Å². The average Bonchev–Trinajstić information content (AvgIpc) is 0.856. The average molecular weight is 1590 g/mol. The Kier molecular flexibility index (Phi) is 35.7. The van der Waals surface area contributed by atoms with Crippen molar-refractivity contribution in [3.63, 3.8) is 0 Å². The molecular formula is C98H133N7O11. The molecule has 0 radical (unpaired) electrons. The first kappa shape index (κ1) is 92.7. The Hall–Kier alpha value is -8.85. The molecule has 0 aromatic heterocycles. The van der Waals surface area contributed by atoms with E-state index in [0.29, 0.717) is 73.9 Å². The number of carbonyl (C=O) groups excluding carboxylic acids is 7.